The lowest BCUT2D eigenvalue weighted by atomic mass is 9.97. The average Bonchev–Trinajstić information content (AvgIpc) is 1.78. The zero-order valence-electron chi connectivity index (χ0n) is 6.67. The van der Waals surface area contributed by atoms with E-state index in [0.717, 1.165) is 19.6 Å². The number of nitrogens with zero attached hydrogens (tertiary/aromatic N) is 1. The molecule has 0 aliphatic carbocycles. The maximum atomic E-state index is 9.32. The van der Waals surface area contributed by atoms with Crippen LogP contribution in [-0.4, -0.2) is 35.2 Å². The molecule has 2 heteroatoms. The van der Waals surface area contributed by atoms with E-state index in [1.165, 1.54) is 0 Å². The fourth-order valence-corrected chi connectivity index (χ4v) is 1.30. The number of rotatable bonds is 2. The van der Waals surface area contributed by atoms with E-state index in [-0.39, 0.29) is 0 Å². The van der Waals surface area contributed by atoms with Crippen molar-refractivity contribution in [3.8, 4) is 0 Å². The lowest BCUT2D eigenvalue weighted by Crippen LogP contribution is -2.59. The number of hydrogen-bond acceptors (Lipinski definition) is 2. The molecular weight excluding hydrogens is 126 g/mol. The van der Waals surface area contributed by atoms with Crippen LogP contribution < -0.4 is 0 Å². The fraction of sp³-hybridized carbons (Fsp3) is 0.750. The first-order valence-corrected chi connectivity index (χ1v) is 3.70. The second-order valence-corrected chi connectivity index (χ2v) is 3.24. The zero-order valence-corrected chi connectivity index (χ0v) is 6.67. The summed E-state index contributed by atoms with van der Waals surface area (Å²) in [4.78, 5) is 2.21. The summed E-state index contributed by atoms with van der Waals surface area (Å²) in [6.45, 7) is 6.50. The van der Waals surface area contributed by atoms with Gasteiger partial charge in [-0.3, -0.25) is 4.90 Å². The van der Waals surface area contributed by atoms with E-state index < -0.39 is 5.60 Å². The first kappa shape index (κ1) is 7.76. The third-order valence-electron chi connectivity index (χ3n) is 1.73. The van der Waals surface area contributed by atoms with Crippen molar-refractivity contribution in [1.29, 1.82) is 0 Å². The zero-order chi connectivity index (χ0) is 7.61. The molecule has 0 amide bonds. The molecule has 0 spiro atoms. The highest BCUT2D eigenvalue weighted by Gasteiger charge is 2.35. The van der Waals surface area contributed by atoms with Crippen LogP contribution in [0.2, 0.25) is 0 Å². The number of allylic oxidation sites excluding steroid dienone is 1. The third-order valence-corrected chi connectivity index (χ3v) is 1.73. The van der Waals surface area contributed by atoms with Crippen molar-refractivity contribution in [2.75, 3.05) is 19.6 Å². The van der Waals surface area contributed by atoms with Crippen molar-refractivity contribution < 1.29 is 5.11 Å². The molecular formula is C8H15NO. The van der Waals surface area contributed by atoms with Gasteiger partial charge in [0, 0.05) is 19.6 Å². The van der Waals surface area contributed by atoms with Gasteiger partial charge in [-0.1, -0.05) is 12.2 Å². The quantitative estimate of drug-likeness (QED) is 0.570. The molecule has 0 radical (unpaired) electrons. The van der Waals surface area contributed by atoms with Gasteiger partial charge in [0.25, 0.3) is 0 Å². The van der Waals surface area contributed by atoms with Gasteiger partial charge in [-0.25, -0.2) is 0 Å². The highest BCUT2D eigenvalue weighted by atomic mass is 16.3. The van der Waals surface area contributed by atoms with Crippen LogP contribution in [0, 0.1) is 0 Å². The van der Waals surface area contributed by atoms with Gasteiger partial charge in [0.15, 0.2) is 0 Å². The molecule has 1 N–H and O–H groups in total. The van der Waals surface area contributed by atoms with Gasteiger partial charge >= 0.3 is 0 Å². The minimum absolute atomic E-state index is 0.415. The highest BCUT2D eigenvalue weighted by molar-refractivity contribution is 4.95. The number of β-amino-alcohol motifs (C(OH)–C–C–N with tert-alkyl or cyclic N) is 1. The molecule has 10 heavy (non-hydrogen) atoms. The van der Waals surface area contributed by atoms with Crippen LogP contribution in [0.25, 0.3) is 0 Å². The molecule has 0 aromatic carbocycles. The maximum absolute atomic E-state index is 9.32. The first-order valence-electron chi connectivity index (χ1n) is 3.70. The molecule has 1 aliphatic rings. The van der Waals surface area contributed by atoms with Gasteiger partial charge in [0.05, 0.1) is 5.60 Å². The van der Waals surface area contributed by atoms with Gasteiger partial charge in [-0.2, -0.15) is 0 Å². The summed E-state index contributed by atoms with van der Waals surface area (Å²) in [5, 5.41) is 9.32. The van der Waals surface area contributed by atoms with Gasteiger partial charge < -0.3 is 5.11 Å². The van der Waals surface area contributed by atoms with E-state index in [4.69, 9.17) is 0 Å². The van der Waals surface area contributed by atoms with Crippen molar-refractivity contribution in [3.05, 3.63) is 12.2 Å². The molecule has 2 nitrogen and oxygen atoms in total. The Balaban J connectivity index is 2.15. The monoisotopic (exact) mass is 141 g/mol. The molecule has 0 saturated carbocycles. The molecule has 0 aromatic heterocycles. The van der Waals surface area contributed by atoms with Crippen LogP contribution in [-0.2, 0) is 0 Å². The SMILES string of the molecule is CC=CCN1CC(C)(O)C1. The standard InChI is InChI=1S/C8H15NO/c1-3-4-5-9-6-8(2,10)7-9/h3-4,10H,5-7H2,1-2H3. The molecule has 1 fully saturated rings. The Bertz CT molecular complexity index is 132. The van der Waals surface area contributed by atoms with Crippen LogP contribution in [0.1, 0.15) is 13.8 Å². The summed E-state index contributed by atoms with van der Waals surface area (Å²) >= 11 is 0. The average molecular weight is 141 g/mol. The molecule has 58 valence electrons. The normalized spacial score (nSPS) is 25.1. The third kappa shape index (κ3) is 1.82. The Hall–Kier alpha value is -0.340. The summed E-state index contributed by atoms with van der Waals surface area (Å²) in [6.07, 6.45) is 4.14. The van der Waals surface area contributed by atoms with Crippen LogP contribution in [0.4, 0.5) is 0 Å². The van der Waals surface area contributed by atoms with Gasteiger partial charge in [-0.15, -0.1) is 0 Å². The second-order valence-electron chi connectivity index (χ2n) is 3.24. The predicted molar refractivity (Wildman–Crippen MR) is 41.9 cm³/mol. The van der Waals surface area contributed by atoms with Crippen LogP contribution >= 0.6 is 0 Å². The van der Waals surface area contributed by atoms with Crippen molar-refractivity contribution in [3.63, 3.8) is 0 Å². The van der Waals surface area contributed by atoms with Crippen LogP contribution in [0.5, 0.6) is 0 Å². The lowest BCUT2D eigenvalue weighted by Gasteiger charge is -2.43. The van der Waals surface area contributed by atoms with Gasteiger partial charge in [0.2, 0.25) is 0 Å². The van der Waals surface area contributed by atoms with Gasteiger partial charge in [0.1, 0.15) is 0 Å². The van der Waals surface area contributed by atoms with E-state index in [1.807, 2.05) is 19.9 Å². The summed E-state index contributed by atoms with van der Waals surface area (Å²) < 4.78 is 0. The largest absolute Gasteiger partial charge is 0.388 e. The predicted octanol–water partition coefficient (Wildman–Crippen LogP) is 0.629. The molecule has 0 bridgehead atoms. The molecule has 0 aromatic rings. The molecule has 0 unspecified atom stereocenters. The Morgan fingerprint density at radius 1 is 1.60 bits per heavy atom. The maximum Gasteiger partial charge on any atom is 0.0872 e. The van der Waals surface area contributed by atoms with Crippen molar-refractivity contribution >= 4 is 0 Å². The van der Waals surface area contributed by atoms with E-state index in [0.29, 0.717) is 0 Å². The summed E-state index contributed by atoms with van der Waals surface area (Å²) in [7, 11) is 0. The summed E-state index contributed by atoms with van der Waals surface area (Å²) in [5.41, 5.74) is -0.415. The van der Waals surface area contributed by atoms with Crippen LogP contribution in [0.3, 0.4) is 0 Å². The Kier molecular flexibility index (Phi) is 2.11. The Morgan fingerprint density at radius 2 is 2.20 bits per heavy atom. The van der Waals surface area contributed by atoms with E-state index in [9.17, 15) is 5.11 Å². The Morgan fingerprint density at radius 3 is 2.60 bits per heavy atom. The van der Waals surface area contributed by atoms with Crippen molar-refractivity contribution in [1.82, 2.24) is 4.90 Å². The minimum Gasteiger partial charge on any atom is -0.388 e. The van der Waals surface area contributed by atoms with Crippen LogP contribution in [0.15, 0.2) is 12.2 Å². The number of likely N-dealkylation sites (tertiary alicyclic amines) is 1. The van der Waals surface area contributed by atoms with E-state index >= 15 is 0 Å². The molecule has 0 atom stereocenters. The molecule has 1 rings (SSSR count). The summed E-state index contributed by atoms with van der Waals surface area (Å²) in [5.74, 6) is 0. The molecule has 1 aliphatic heterocycles. The smallest absolute Gasteiger partial charge is 0.0872 e. The number of hydrogen-bond donors (Lipinski definition) is 1. The first-order chi connectivity index (χ1) is 4.64. The lowest BCUT2D eigenvalue weighted by molar-refractivity contribution is -0.0777. The Labute approximate surface area is 62.2 Å². The fourth-order valence-electron chi connectivity index (χ4n) is 1.30. The van der Waals surface area contributed by atoms with Crippen molar-refractivity contribution in [2.45, 2.75) is 19.4 Å². The molecule has 1 saturated heterocycles. The highest BCUT2D eigenvalue weighted by Crippen LogP contribution is 2.18. The van der Waals surface area contributed by atoms with E-state index in [1.54, 1.807) is 0 Å². The second kappa shape index (κ2) is 2.72. The molecule has 1 heterocycles. The van der Waals surface area contributed by atoms with Crippen molar-refractivity contribution in [2.24, 2.45) is 0 Å². The van der Waals surface area contributed by atoms with E-state index in [2.05, 4.69) is 11.0 Å². The van der Waals surface area contributed by atoms with Gasteiger partial charge in [-0.05, 0) is 13.8 Å². The topological polar surface area (TPSA) is 23.5 Å². The minimum atomic E-state index is -0.415. The number of aliphatic hydroxyl groups is 1. The summed E-state index contributed by atoms with van der Waals surface area (Å²) in [6, 6.07) is 0.